The maximum Gasteiger partial charge on any atom is 0.244 e. The van der Waals surface area contributed by atoms with Crippen molar-refractivity contribution in [3.63, 3.8) is 0 Å². The van der Waals surface area contributed by atoms with Gasteiger partial charge in [-0.1, -0.05) is 44.9 Å². The number of nitrogens with one attached hydrogen (secondary N) is 1. The molecule has 0 aliphatic heterocycles. The van der Waals surface area contributed by atoms with E-state index in [1.165, 1.54) is 12.8 Å². The van der Waals surface area contributed by atoms with Gasteiger partial charge in [0.2, 0.25) is 5.91 Å². The van der Waals surface area contributed by atoms with Crippen molar-refractivity contribution in [2.75, 3.05) is 7.11 Å². The van der Waals surface area contributed by atoms with Gasteiger partial charge in [-0.05, 0) is 30.4 Å². The van der Waals surface area contributed by atoms with Crippen molar-refractivity contribution in [2.45, 2.75) is 39.2 Å². The van der Waals surface area contributed by atoms with Crippen LogP contribution >= 0.6 is 0 Å². The first kappa shape index (κ1) is 15.6. The molecule has 3 unspecified atom stereocenters. The molecule has 1 aromatic carbocycles. The van der Waals surface area contributed by atoms with Gasteiger partial charge in [-0.25, -0.2) is 0 Å². The maximum absolute atomic E-state index is 12.1. The first-order valence-electron chi connectivity index (χ1n) is 7.73. The van der Waals surface area contributed by atoms with Crippen LogP contribution in [0.2, 0.25) is 0 Å². The van der Waals surface area contributed by atoms with Gasteiger partial charge >= 0.3 is 0 Å². The molecule has 21 heavy (non-hydrogen) atoms. The largest absolute Gasteiger partial charge is 0.496 e. The molecule has 1 aromatic rings. The van der Waals surface area contributed by atoms with Gasteiger partial charge in [-0.15, -0.1) is 0 Å². The smallest absolute Gasteiger partial charge is 0.244 e. The van der Waals surface area contributed by atoms with E-state index >= 15 is 0 Å². The van der Waals surface area contributed by atoms with Crippen LogP contribution in [0.15, 0.2) is 30.3 Å². The van der Waals surface area contributed by atoms with Gasteiger partial charge in [-0.3, -0.25) is 4.79 Å². The fourth-order valence-corrected chi connectivity index (χ4v) is 2.99. The minimum atomic E-state index is -0.0214. The molecule has 1 fully saturated rings. The molecular formula is C18H25NO2. The summed E-state index contributed by atoms with van der Waals surface area (Å²) in [6.45, 7) is 4.51. The number of hydrogen-bond donors (Lipinski definition) is 1. The summed E-state index contributed by atoms with van der Waals surface area (Å²) in [7, 11) is 1.64. The number of carbonyl (C=O) groups is 1. The van der Waals surface area contributed by atoms with Crippen LogP contribution in [0.25, 0.3) is 6.08 Å². The molecule has 1 N–H and O–H groups in total. The number of amides is 1. The molecule has 114 valence electrons. The Bertz CT molecular complexity index is 510. The summed E-state index contributed by atoms with van der Waals surface area (Å²) in [5, 5.41) is 3.14. The van der Waals surface area contributed by atoms with E-state index in [0.29, 0.717) is 17.9 Å². The number of methoxy groups -OCH3 is 1. The first-order chi connectivity index (χ1) is 10.1. The Kier molecular flexibility index (Phi) is 5.43. The average molecular weight is 287 g/mol. The second-order valence-electron chi connectivity index (χ2n) is 5.96. The number of hydrogen-bond acceptors (Lipinski definition) is 2. The minimum Gasteiger partial charge on any atom is -0.496 e. The molecular weight excluding hydrogens is 262 g/mol. The number of benzene rings is 1. The standard InChI is InChI=1S/C18H25NO2/c1-13-7-6-9-16(14(13)2)19-18(20)12-11-15-8-4-5-10-17(15)21-3/h4-5,8,10-14,16H,6-7,9H2,1-3H3,(H,19,20)/b12-11+. The Morgan fingerprint density at radius 1 is 1.29 bits per heavy atom. The van der Waals surface area contributed by atoms with E-state index in [1.54, 1.807) is 13.2 Å². The molecule has 0 saturated heterocycles. The summed E-state index contributed by atoms with van der Waals surface area (Å²) < 4.78 is 5.28. The molecule has 0 bridgehead atoms. The third-order valence-electron chi connectivity index (χ3n) is 4.59. The molecule has 1 saturated carbocycles. The van der Waals surface area contributed by atoms with Crippen molar-refractivity contribution in [1.29, 1.82) is 0 Å². The van der Waals surface area contributed by atoms with Crippen molar-refractivity contribution < 1.29 is 9.53 Å². The van der Waals surface area contributed by atoms with Crippen molar-refractivity contribution >= 4 is 12.0 Å². The predicted octanol–water partition coefficient (Wildman–Crippen LogP) is 3.65. The van der Waals surface area contributed by atoms with E-state index in [9.17, 15) is 4.79 Å². The van der Waals surface area contributed by atoms with Gasteiger partial charge in [0.1, 0.15) is 5.75 Å². The molecule has 0 aromatic heterocycles. The van der Waals surface area contributed by atoms with E-state index in [4.69, 9.17) is 4.74 Å². The number of ether oxygens (including phenoxy) is 1. The van der Waals surface area contributed by atoms with E-state index in [0.717, 1.165) is 17.7 Å². The molecule has 3 nitrogen and oxygen atoms in total. The Balaban J connectivity index is 1.96. The highest BCUT2D eigenvalue weighted by Crippen LogP contribution is 2.29. The zero-order valence-electron chi connectivity index (χ0n) is 13.1. The van der Waals surface area contributed by atoms with Crippen LogP contribution in [-0.4, -0.2) is 19.1 Å². The highest BCUT2D eigenvalue weighted by Gasteiger charge is 2.27. The highest BCUT2D eigenvalue weighted by atomic mass is 16.5. The summed E-state index contributed by atoms with van der Waals surface area (Å²) in [4.78, 5) is 12.1. The SMILES string of the molecule is COc1ccccc1/C=C/C(=O)NC1CCCC(C)C1C. The number of para-hydroxylation sites is 1. The average Bonchev–Trinajstić information content (AvgIpc) is 2.50. The van der Waals surface area contributed by atoms with Gasteiger partial charge in [0.15, 0.2) is 0 Å². The van der Waals surface area contributed by atoms with Gasteiger partial charge in [0.25, 0.3) is 0 Å². The number of carbonyl (C=O) groups excluding carboxylic acids is 1. The Labute approximate surface area is 127 Å². The minimum absolute atomic E-state index is 0.0214. The third-order valence-corrected chi connectivity index (χ3v) is 4.59. The van der Waals surface area contributed by atoms with Crippen molar-refractivity contribution in [3.05, 3.63) is 35.9 Å². The lowest BCUT2D eigenvalue weighted by Gasteiger charge is -2.34. The lowest BCUT2D eigenvalue weighted by molar-refractivity contribution is -0.117. The second kappa shape index (κ2) is 7.30. The zero-order valence-corrected chi connectivity index (χ0v) is 13.1. The molecule has 2 rings (SSSR count). The fourth-order valence-electron chi connectivity index (χ4n) is 2.99. The quantitative estimate of drug-likeness (QED) is 0.858. The van der Waals surface area contributed by atoms with E-state index in [-0.39, 0.29) is 5.91 Å². The van der Waals surface area contributed by atoms with Gasteiger partial charge in [0.05, 0.1) is 7.11 Å². The van der Waals surface area contributed by atoms with Crippen molar-refractivity contribution in [3.8, 4) is 5.75 Å². The monoisotopic (exact) mass is 287 g/mol. The molecule has 3 atom stereocenters. The van der Waals surface area contributed by atoms with E-state index in [2.05, 4.69) is 19.2 Å². The summed E-state index contributed by atoms with van der Waals surface area (Å²) in [5.41, 5.74) is 0.917. The van der Waals surface area contributed by atoms with Gasteiger partial charge < -0.3 is 10.1 Å². The van der Waals surface area contributed by atoms with Crippen LogP contribution < -0.4 is 10.1 Å². The molecule has 3 heteroatoms. The summed E-state index contributed by atoms with van der Waals surface area (Å²) in [5.74, 6) is 1.98. The normalized spacial score (nSPS) is 25.8. The van der Waals surface area contributed by atoms with Crippen LogP contribution in [0, 0.1) is 11.8 Å². The van der Waals surface area contributed by atoms with Crippen LogP contribution in [0.1, 0.15) is 38.7 Å². The lowest BCUT2D eigenvalue weighted by atomic mass is 9.78. The Morgan fingerprint density at radius 3 is 2.81 bits per heavy atom. The highest BCUT2D eigenvalue weighted by molar-refractivity contribution is 5.92. The summed E-state index contributed by atoms with van der Waals surface area (Å²) >= 11 is 0. The third kappa shape index (κ3) is 4.10. The second-order valence-corrected chi connectivity index (χ2v) is 5.96. The van der Waals surface area contributed by atoms with Crippen LogP contribution in [0.3, 0.4) is 0 Å². The number of rotatable bonds is 4. The topological polar surface area (TPSA) is 38.3 Å². The van der Waals surface area contributed by atoms with E-state index < -0.39 is 0 Å². The predicted molar refractivity (Wildman–Crippen MR) is 86.1 cm³/mol. The molecule has 0 radical (unpaired) electrons. The van der Waals surface area contributed by atoms with Crippen LogP contribution in [0.5, 0.6) is 5.75 Å². The van der Waals surface area contributed by atoms with Gasteiger partial charge in [0, 0.05) is 17.7 Å². The summed E-state index contributed by atoms with van der Waals surface area (Å²) in [6.07, 6.45) is 6.96. The Morgan fingerprint density at radius 2 is 2.05 bits per heavy atom. The van der Waals surface area contributed by atoms with Crippen LogP contribution in [-0.2, 0) is 4.79 Å². The van der Waals surface area contributed by atoms with E-state index in [1.807, 2.05) is 30.3 Å². The summed E-state index contributed by atoms with van der Waals surface area (Å²) in [6, 6.07) is 7.98. The molecule has 0 heterocycles. The lowest BCUT2D eigenvalue weighted by Crippen LogP contribution is -2.43. The zero-order chi connectivity index (χ0) is 15.2. The van der Waals surface area contributed by atoms with Crippen LogP contribution in [0.4, 0.5) is 0 Å². The van der Waals surface area contributed by atoms with Crippen molar-refractivity contribution in [2.24, 2.45) is 11.8 Å². The molecule has 1 amide bonds. The Hall–Kier alpha value is -1.77. The van der Waals surface area contributed by atoms with Gasteiger partial charge in [-0.2, -0.15) is 0 Å². The molecule has 0 spiro atoms. The molecule has 1 aliphatic rings. The first-order valence-corrected chi connectivity index (χ1v) is 7.73. The molecule has 1 aliphatic carbocycles. The maximum atomic E-state index is 12.1. The van der Waals surface area contributed by atoms with Crippen molar-refractivity contribution in [1.82, 2.24) is 5.32 Å². The fraction of sp³-hybridized carbons (Fsp3) is 0.500.